The molecule has 0 fully saturated rings. The van der Waals surface area contributed by atoms with Crippen LogP contribution in [0.1, 0.15) is 49.0 Å². The van der Waals surface area contributed by atoms with E-state index in [0.29, 0.717) is 11.7 Å². The van der Waals surface area contributed by atoms with E-state index in [4.69, 9.17) is 4.52 Å². The van der Waals surface area contributed by atoms with Crippen LogP contribution in [0.2, 0.25) is 0 Å². The number of aromatic nitrogens is 2. The van der Waals surface area contributed by atoms with Crippen molar-refractivity contribution < 1.29 is 12.9 Å². The minimum absolute atomic E-state index is 0.264. The van der Waals surface area contributed by atoms with Crippen LogP contribution < -0.4 is 0 Å². The van der Waals surface area contributed by atoms with Gasteiger partial charge in [0.25, 0.3) is 5.89 Å². The standard InChI is InChI=1S/C18H15BrN2O3S.C5H11Br/c1-12-20-18(24-21-12)17(11-13-4-3-5-15(19)10-13)14-6-8-16(9-7-14)25(2,22)23;1-2-3-4-5-6/h3-11H,1-2H3;2-5H2,1H3. The van der Waals surface area contributed by atoms with E-state index < -0.39 is 9.84 Å². The van der Waals surface area contributed by atoms with Crippen LogP contribution in [0.3, 0.4) is 0 Å². The van der Waals surface area contributed by atoms with Gasteiger partial charge in [0.05, 0.1) is 4.90 Å². The molecule has 0 aliphatic heterocycles. The van der Waals surface area contributed by atoms with Crippen LogP contribution in [0.5, 0.6) is 0 Å². The molecule has 0 spiro atoms. The molecule has 0 atom stereocenters. The average Bonchev–Trinajstić information content (AvgIpc) is 3.16. The maximum Gasteiger partial charge on any atom is 0.258 e. The molecule has 31 heavy (non-hydrogen) atoms. The highest BCUT2D eigenvalue weighted by molar-refractivity contribution is 9.10. The molecule has 166 valence electrons. The normalized spacial score (nSPS) is 11.7. The van der Waals surface area contributed by atoms with Crippen LogP contribution in [0.15, 0.2) is 62.4 Å². The second kappa shape index (κ2) is 12.3. The van der Waals surface area contributed by atoms with E-state index in [1.54, 1.807) is 31.2 Å². The summed E-state index contributed by atoms with van der Waals surface area (Å²) in [5.41, 5.74) is 2.46. The van der Waals surface area contributed by atoms with E-state index in [2.05, 4.69) is 48.9 Å². The second-order valence-electron chi connectivity index (χ2n) is 6.95. The summed E-state index contributed by atoms with van der Waals surface area (Å²) in [6, 6.07) is 14.4. The van der Waals surface area contributed by atoms with Gasteiger partial charge in [0.15, 0.2) is 15.7 Å². The summed E-state index contributed by atoms with van der Waals surface area (Å²) in [4.78, 5) is 4.56. The summed E-state index contributed by atoms with van der Waals surface area (Å²) in [6.45, 7) is 3.96. The fourth-order valence-corrected chi connectivity index (χ4v) is 4.11. The van der Waals surface area contributed by atoms with Crippen molar-refractivity contribution in [2.75, 3.05) is 11.6 Å². The summed E-state index contributed by atoms with van der Waals surface area (Å²) in [5, 5.41) is 5.01. The van der Waals surface area contributed by atoms with Gasteiger partial charge in [-0.2, -0.15) is 4.98 Å². The lowest BCUT2D eigenvalue weighted by Gasteiger charge is -2.06. The molecule has 0 amide bonds. The minimum Gasteiger partial charge on any atom is -0.334 e. The van der Waals surface area contributed by atoms with E-state index in [-0.39, 0.29) is 4.90 Å². The Balaban J connectivity index is 0.000000501. The topological polar surface area (TPSA) is 73.1 Å². The van der Waals surface area contributed by atoms with E-state index in [0.717, 1.165) is 21.2 Å². The van der Waals surface area contributed by atoms with Crippen molar-refractivity contribution in [3.8, 4) is 0 Å². The number of sulfone groups is 1. The third-order valence-electron chi connectivity index (χ3n) is 4.25. The van der Waals surface area contributed by atoms with Gasteiger partial charge in [-0.05, 0) is 54.8 Å². The molecule has 0 saturated carbocycles. The van der Waals surface area contributed by atoms with Crippen molar-refractivity contribution in [1.29, 1.82) is 0 Å². The number of hydrogen-bond donors (Lipinski definition) is 0. The molecule has 3 aromatic rings. The van der Waals surface area contributed by atoms with Gasteiger partial charge in [-0.25, -0.2) is 8.42 Å². The van der Waals surface area contributed by atoms with Crippen LogP contribution in [0.25, 0.3) is 11.6 Å². The fourth-order valence-electron chi connectivity index (χ4n) is 2.66. The highest BCUT2D eigenvalue weighted by Crippen LogP contribution is 2.27. The maximum absolute atomic E-state index is 11.7. The molecule has 1 heterocycles. The van der Waals surface area contributed by atoms with Gasteiger partial charge in [0, 0.05) is 21.6 Å². The lowest BCUT2D eigenvalue weighted by Crippen LogP contribution is -1.97. The van der Waals surface area contributed by atoms with Crippen molar-refractivity contribution in [1.82, 2.24) is 10.1 Å². The summed E-state index contributed by atoms with van der Waals surface area (Å²) in [7, 11) is -3.25. The van der Waals surface area contributed by atoms with Gasteiger partial charge in [0.2, 0.25) is 0 Å². The zero-order chi connectivity index (χ0) is 22.9. The van der Waals surface area contributed by atoms with Crippen molar-refractivity contribution in [2.24, 2.45) is 0 Å². The van der Waals surface area contributed by atoms with Gasteiger partial charge in [0.1, 0.15) is 0 Å². The lowest BCUT2D eigenvalue weighted by molar-refractivity contribution is 0.403. The molecule has 2 aromatic carbocycles. The SMILES string of the molecule is CCCCCBr.Cc1noc(C(=Cc2cccc(Br)c2)c2ccc(S(C)(=O)=O)cc2)n1. The monoisotopic (exact) mass is 568 g/mol. The first-order valence-electron chi connectivity index (χ1n) is 9.89. The molecule has 3 rings (SSSR count). The molecule has 0 unspecified atom stereocenters. The van der Waals surface area contributed by atoms with E-state index >= 15 is 0 Å². The van der Waals surface area contributed by atoms with Gasteiger partial charge in [-0.3, -0.25) is 0 Å². The number of nitrogens with zero attached hydrogens (tertiary/aromatic N) is 2. The van der Waals surface area contributed by atoms with Gasteiger partial charge in [-0.15, -0.1) is 0 Å². The Morgan fingerprint density at radius 2 is 1.84 bits per heavy atom. The minimum atomic E-state index is -3.25. The van der Waals surface area contributed by atoms with Crippen molar-refractivity contribution in [3.63, 3.8) is 0 Å². The van der Waals surface area contributed by atoms with Crippen LogP contribution >= 0.6 is 31.9 Å². The van der Waals surface area contributed by atoms with E-state index in [1.807, 2.05) is 30.3 Å². The Morgan fingerprint density at radius 1 is 1.13 bits per heavy atom. The summed E-state index contributed by atoms with van der Waals surface area (Å²) in [6.07, 6.45) is 7.13. The quantitative estimate of drug-likeness (QED) is 0.180. The number of rotatable bonds is 7. The summed E-state index contributed by atoms with van der Waals surface area (Å²) in [5.74, 6) is 0.910. The smallest absolute Gasteiger partial charge is 0.258 e. The van der Waals surface area contributed by atoms with Gasteiger partial charge in [-0.1, -0.05) is 81.0 Å². The second-order valence-corrected chi connectivity index (χ2v) is 10.7. The van der Waals surface area contributed by atoms with Crippen molar-refractivity contribution in [3.05, 3.63) is 75.8 Å². The highest BCUT2D eigenvalue weighted by atomic mass is 79.9. The first-order valence-corrected chi connectivity index (χ1v) is 13.7. The zero-order valence-corrected chi connectivity index (χ0v) is 21.8. The largest absolute Gasteiger partial charge is 0.334 e. The van der Waals surface area contributed by atoms with E-state index in [9.17, 15) is 8.42 Å². The number of halogens is 2. The Hall–Kier alpha value is -1.77. The molecule has 1 aromatic heterocycles. The molecule has 0 saturated heterocycles. The van der Waals surface area contributed by atoms with Crippen molar-refractivity contribution in [2.45, 2.75) is 38.0 Å². The molecule has 0 radical (unpaired) electrons. The molecule has 0 aliphatic carbocycles. The fraction of sp³-hybridized carbons (Fsp3) is 0.304. The van der Waals surface area contributed by atoms with Crippen LogP contribution in [0, 0.1) is 6.92 Å². The molecule has 0 N–H and O–H groups in total. The van der Waals surface area contributed by atoms with E-state index in [1.165, 1.54) is 30.8 Å². The predicted octanol–water partition coefficient (Wildman–Crippen LogP) is 6.70. The third kappa shape index (κ3) is 8.35. The Kier molecular flexibility index (Phi) is 10.1. The summed E-state index contributed by atoms with van der Waals surface area (Å²) >= 11 is 6.80. The molecule has 8 heteroatoms. The number of alkyl halides is 1. The van der Waals surface area contributed by atoms with Crippen molar-refractivity contribution >= 4 is 53.3 Å². The highest BCUT2D eigenvalue weighted by Gasteiger charge is 2.14. The molecule has 0 bridgehead atoms. The average molecular weight is 570 g/mol. The lowest BCUT2D eigenvalue weighted by atomic mass is 10.0. The van der Waals surface area contributed by atoms with Gasteiger partial charge < -0.3 is 4.52 Å². The number of unbranched alkanes of at least 4 members (excludes halogenated alkanes) is 2. The number of benzene rings is 2. The zero-order valence-electron chi connectivity index (χ0n) is 17.8. The van der Waals surface area contributed by atoms with Gasteiger partial charge >= 0.3 is 0 Å². The Labute approximate surface area is 201 Å². The number of aryl methyl sites for hydroxylation is 1. The number of hydrogen-bond acceptors (Lipinski definition) is 5. The Bertz CT molecular complexity index is 1100. The third-order valence-corrected chi connectivity index (χ3v) is 6.43. The first-order chi connectivity index (χ1) is 14.7. The molecular weight excluding hydrogens is 544 g/mol. The van der Waals surface area contributed by atoms with Crippen LogP contribution in [-0.4, -0.2) is 30.1 Å². The summed E-state index contributed by atoms with van der Waals surface area (Å²) < 4.78 is 29.6. The maximum atomic E-state index is 11.7. The molecule has 0 aliphatic rings. The van der Waals surface area contributed by atoms with Crippen LogP contribution in [0.4, 0.5) is 0 Å². The first kappa shape index (κ1) is 25.5. The Morgan fingerprint density at radius 3 is 2.32 bits per heavy atom. The molecule has 5 nitrogen and oxygen atoms in total. The predicted molar refractivity (Wildman–Crippen MR) is 133 cm³/mol. The van der Waals surface area contributed by atoms with Crippen LogP contribution in [-0.2, 0) is 9.84 Å². The molecular formula is C23H26Br2N2O3S.